The molecule has 1 aliphatic carbocycles. The maximum atomic E-state index is 4.81. The van der Waals surface area contributed by atoms with E-state index < -0.39 is 0 Å². The monoisotopic (exact) mass is 140 g/mol. The average Bonchev–Trinajstić information content (AvgIpc) is 2.41. The summed E-state index contributed by atoms with van der Waals surface area (Å²) in [6, 6.07) is 0. The van der Waals surface area contributed by atoms with Gasteiger partial charge in [-0.05, 0) is 19.8 Å². The zero-order chi connectivity index (χ0) is 7.23. The van der Waals surface area contributed by atoms with Crippen molar-refractivity contribution in [2.75, 3.05) is 6.61 Å². The third-order valence-corrected chi connectivity index (χ3v) is 1.78. The molecule has 0 N–H and O–H groups in total. The van der Waals surface area contributed by atoms with Crippen molar-refractivity contribution in [3.63, 3.8) is 0 Å². The van der Waals surface area contributed by atoms with Gasteiger partial charge < -0.3 is 4.84 Å². The van der Waals surface area contributed by atoms with Crippen molar-refractivity contribution in [1.29, 1.82) is 0 Å². The van der Waals surface area contributed by atoms with Gasteiger partial charge in [0.05, 0.1) is 0 Å². The third-order valence-electron chi connectivity index (χ3n) is 1.78. The Hall–Kier alpha value is -0.530. The zero-order valence-corrected chi connectivity index (χ0v) is 6.47. The molecule has 1 saturated carbocycles. The van der Waals surface area contributed by atoms with Gasteiger partial charge >= 0.3 is 0 Å². The number of rotatable bonds is 3. The molecule has 0 aromatic rings. The highest BCUT2D eigenvalue weighted by Gasteiger charge is 2.12. The van der Waals surface area contributed by atoms with Crippen LogP contribution in [-0.2, 0) is 4.84 Å². The molecule has 0 aromatic heterocycles. The van der Waals surface area contributed by atoms with Gasteiger partial charge in [0.25, 0.3) is 0 Å². The van der Waals surface area contributed by atoms with E-state index in [9.17, 15) is 0 Å². The number of hydrogen-bond acceptors (Lipinski definition) is 2. The van der Waals surface area contributed by atoms with Crippen LogP contribution in [0.4, 0.5) is 0 Å². The van der Waals surface area contributed by atoms with Gasteiger partial charge in [0.2, 0.25) is 0 Å². The molecule has 0 atom stereocenters. The lowest BCUT2D eigenvalue weighted by Crippen LogP contribution is -1.94. The van der Waals surface area contributed by atoms with Crippen LogP contribution < -0.4 is 0 Å². The van der Waals surface area contributed by atoms with Gasteiger partial charge in [0, 0.05) is 5.92 Å². The molecule has 1 fully saturated rings. The van der Waals surface area contributed by atoms with Crippen molar-refractivity contribution < 1.29 is 4.84 Å². The van der Waals surface area contributed by atoms with Gasteiger partial charge in [0.1, 0.15) is 12.8 Å². The topological polar surface area (TPSA) is 21.6 Å². The van der Waals surface area contributed by atoms with Crippen molar-refractivity contribution >= 4 is 6.21 Å². The predicted octanol–water partition coefficient (Wildman–Crippen LogP) is 2.08. The highest BCUT2D eigenvalue weighted by atomic mass is 16.6. The molecule has 10 heavy (non-hydrogen) atoms. The molecule has 0 aliphatic heterocycles. The Morgan fingerprint density at radius 2 is 2.20 bits per heavy atom. The molecule has 0 heterocycles. The first-order valence-corrected chi connectivity index (χ1v) is 4.01. The molecule has 0 saturated heterocycles. The maximum absolute atomic E-state index is 4.81. The summed E-state index contributed by atoms with van der Waals surface area (Å²) in [7, 11) is 0. The largest absolute Gasteiger partial charge is 0.396 e. The van der Waals surface area contributed by atoms with Gasteiger partial charge in [0.15, 0.2) is 0 Å². The van der Waals surface area contributed by atoms with E-state index in [-0.39, 0.29) is 0 Å². The van der Waals surface area contributed by atoms with Gasteiger partial charge in [-0.1, -0.05) is 18.0 Å². The van der Waals surface area contributed by atoms with Crippen LogP contribution in [0.1, 0.15) is 32.6 Å². The molecule has 0 aromatic carbocycles. The van der Waals surface area contributed by atoms with Crippen LogP contribution in [-0.4, -0.2) is 12.8 Å². The Morgan fingerprint density at radius 1 is 1.50 bits per heavy atom. The second-order valence-electron chi connectivity index (χ2n) is 2.62. The predicted molar refractivity (Wildman–Crippen MR) is 41.0 cm³/mol. The molecule has 1 rings (SSSR count). The fourth-order valence-electron chi connectivity index (χ4n) is 1.23. The molecule has 2 nitrogen and oxygen atoms in total. The Balaban J connectivity index is 2.10. The quantitative estimate of drug-likeness (QED) is 0.434. The highest BCUT2D eigenvalue weighted by Crippen LogP contribution is 2.22. The third kappa shape index (κ3) is 2.38. The first-order valence-electron chi connectivity index (χ1n) is 4.01. The van der Waals surface area contributed by atoms with E-state index in [0.717, 1.165) is 0 Å². The molecule has 0 unspecified atom stereocenters. The van der Waals surface area contributed by atoms with Crippen molar-refractivity contribution in [2.24, 2.45) is 11.1 Å². The molecule has 57 valence electrons. The summed E-state index contributed by atoms with van der Waals surface area (Å²) >= 11 is 0. The van der Waals surface area contributed by atoms with Crippen LogP contribution in [0.3, 0.4) is 0 Å². The lowest BCUT2D eigenvalue weighted by molar-refractivity contribution is 0.159. The summed E-state index contributed by atoms with van der Waals surface area (Å²) in [4.78, 5) is 4.81. The van der Waals surface area contributed by atoms with Crippen LogP contribution >= 0.6 is 0 Å². The van der Waals surface area contributed by atoms with Crippen LogP contribution in [0.15, 0.2) is 5.16 Å². The number of nitrogens with zero attached hydrogens (tertiary/aromatic N) is 1. The van der Waals surface area contributed by atoms with E-state index >= 15 is 0 Å². The molecule has 0 amide bonds. The van der Waals surface area contributed by atoms with E-state index in [4.69, 9.17) is 4.84 Å². The van der Waals surface area contributed by atoms with E-state index in [0.29, 0.717) is 12.5 Å². The van der Waals surface area contributed by atoms with Crippen molar-refractivity contribution in [3.8, 4) is 0 Å². The Labute approximate surface area is 62.3 Å². The average molecular weight is 140 g/mol. The SMILES string of the molecule is CCO/N=[C]/C1CCCC1. The minimum Gasteiger partial charge on any atom is -0.396 e. The molecular weight excluding hydrogens is 126 g/mol. The van der Waals surface area contributed by atoms with E-state index in [1.54, 1.807) is 0 Å². The lowest BCUT2D eigenvalue weighted by atomic mass is 10.1. The first kappa shape index (κ1) is 7.58. The minimum atomic E-state index is 0.576. The summed E-state index contributed by atoms with van der Waals surface area (Å²) in [5.41, 5.74) is 0. The summed E-state index contributed by atoms with van der Waals surface area (Å²) in [6.07, 6.45) is 8.14. The molecule has 0 spiro atoms. The molecule has 2 heteroatoms. The molecular formula is C8H14NO. The summed E-state index contributed by atoms with van der Waals surface area (Å²) in [5, 5.41) is 3.72. The number of hydrogen-bond donors (Lipinski definition) is 0. The first-order chi connectivity index (χ1) is 4.93. The van der Waals surface area contributed by atoms with Crippen LogP contribution in [0.5, 0.6) is 0 Å². The maximum Gasteiger partial charge on any atom is 0.114 e. The van der Waals surface area contributed by atoms with E-state index in [2.05, 4.69) is 11.4 Å². The normalized spacial score (nSPS) is 20.5. The molecule has 1 radical (unpaired) electrons. The van der Waals surface area contributed by atoms with Crippen molar-refractivity contribution in [1.82, 2.24) is 0 Å². The minimum absolute atomic E-state index is 0.576. The van der Waals surface area contributed by atoms with Crippen molar-refractivity contribution in [2.45, 2.75) is 32.6 Å². The van der Waals surface area contributed by atoms with Gasteiger partial charge in [-0.15, -0.1) is 0 Å². The summed E-state index contributed by atoms with van der Waals surface area (Å²) in [6.45, 7) is 2.58. The molecule has 1 aliphatic rings. The van der Waals surface area contributed by atoms with E-state index in [1.165, 1.54) is 25.7 Å². The van der Waals surface area contributed by atoms with Gasteiger partial charge in [-0.25, -0.2) is 0 Å². The fraction of sp³-hybridized carbons (Fsp3) is 0.875. The Kier molecular flexibility index (Phi) is 3.27. The summed E-state index contributed by atoms with van der Waals surface area (Å²) in [5.74, 6) is 0.576. The smallest absolute Gasteiger partial charge is 0.114 e. The second kappa shape index (κ2) is 4.31. The lowest BCUT2D eigenvalue weighted by Gasteiger charge is -1.96. The van der Waals surface area contributed by atoms with Crippen LogP contribution in [0.25, 0.3) is 0 Å². The van der Waals surface area contributed by atoms with Crippen LogP contribution in [0, 0.1) is 5.92 Å². The second-order valence-corrected chi connectivity index (χ2v) is 2.62. The fourth-order valence-corrected chi connectivity index (χ4v) is 1.23. The van der Waals surface area contributed by atoms with E-state index in [1.807, 2.05) is 6.92 Å². The summed E-state index contributed by atoms with van der Waals surface area (Å²) < 4.78 is 0. The van der Waals surface area contributed by atoms with Crippen LogP contribution in [0.2, 0.25) is 0 Å². The zero-order valence-electron chi connectivity index (χ0n) is 6.47. The Bertz CT molecular complexity index is 106. The Morgan fingerprint density at radius 3 is 2.80 bits per heavy atom. The van der Waals surface area contributed by atoms with Gasteiger partial charge in [-0.2, -0.15) is 0 Å². The van der Waals surface area contributed by atoms with Gasteiger partial charge in [-0.3, -0.25) is 0 Å². The molecule has 0 bridgehead atoms. The standard InChI is InChI=1S/C8H14NO/c1-2-10-9-7-8-5-3-4-6-8/h8H,2-6H2,1H3. The van der Waals surface area contributed by atoms with Crippen molar-refractivity contribution in [3.05, 3.63) is 0 Å². The highest BCUT2D eigenvalue weighted by molar-refractivity contribution is 5.60.